The van der Waals surface area contributed by atoms with Crippen molar-refractivity contribution in [3.8, 4) is 0 Å². The molecule has 2 aromatic heterocycles. The molecule has 1 aromatic carbocycles. The van der Waals surface area contributed by atoms with E-state index in [0.29, 0.717) is 18.0 Å². The minimum atomic E-state index is -1.69. The zero-order valence-electron chi connectivity index (χ0n) is 20.8. The van der Waals surface area contributed by atoms with Crippen molar-refractivity contribution in [2.45, 2.75) is 83.1 Å². The lowest BCUT2D eigenvalue weighted by Crippen LogP contribution is -2.41. The van der Waals surface area contributed by atoms with E-state index < -0.39 is 8.32 Å². The first-order valence-electron chi connectivity index (χ1n) is 12.5. The van der Waals surface area contributed by atoms with Gasteiger partial charge in [-0.3, -0.25) is 0 Å². The number of benzene rings is 1. The SMILES string of the molecule is CC(C)(C)[Si](C)(C)OC[C@H]1CC[C@@H](n2ccc3c(N[C@H]4CCc5ccccc54)ncnc32)C1. The summed E-state index contributed by atoms with van der Waals surface area (Å²) >= 11 is 0. The molecule has 3 aromatic rings. The molecule has 176 valence electrons. The normalized spacial score (nSPS) is 23.2. The molecule has 6 heteroatoms. The predicted octanol–water partition coefficient (Wildman–Crippen LogP) is 6.89. The van der Waals surface area contributed by atoms with Crippen molar-refractivity contribution in [2.75, 3.05) is 11.9 Å². The average Bonchev–Trinajstić information content (AvgIpc) is 3.50. The van der Waals surface area contributed by atoms with E-state index in [9.17, 15) is 0 Å². The lowest BCUT2D eigenvalue weighted by atomic mass is 10.1. The average molecular weight is 463 g/mol. The molecular formula is C27H38N4OSi. The Morgan fingerprint density at radius 3 is 2.73 bits per heavy atom. The maximum Gasteiger partial charge on any atom is 0.191 e. The fourth-order valence-electron chi connectivity index (χ4n) is 5.25. The fraction of sp³-hybridized carbons (Fsp3) is 0.556. The number of rotatable bonds is 6. The van der Waals surface area contributed by atoms with Crippen LogP contribution in [0.25, 0.3) is 11.0 Å². The van der Waals surface area contributed by atoms with Crippen LogP contribution in [0.1, 0.15) is 69.7 Å². The number of fused-ring (bicyclic) bond motifs is 2. The van der Waals surface area contributed by atoms with Gasteiger partial charge in [0, 0.05) is 18.8 Å². The van der Waals surface area contributed by atoms with Gasteiger partial charge in [0.05, 0.1) is 11.4 Å². The van der Waals surface area contributed by atoms with Crippen LogP contribution >= 0.6 is 0 Å². The van der Waals surface area contributed by atoms with Gasteiger partial charge in [-0.1, -0.05) is 45.0 Å². The van der Waals surface area contributed by atoms with Crippen molar-refractivity contribution >= 4 is 25.2 Å². The molecule has 0 saturated heterocycles. The molecule has 0 aliphatic heterocycles. The highest BCUT2D eigenvalue weighted by molar-refractivity contribution is 6.74. The van der Waals surface area contributed by atoms with E-state index >= 15 is 0 Å². The summed E-state index contributed by atoms with van der Waals surface area (Å²) in [6.45, 7) is 12.6. The van der Waals surface area contributed by atoms with Gasteiger partial charge in [0.15, 0.2) is 8.32 Å². The summed E-state index contributed by atoms with van der Waals surface area (Å²) < 4.78 is 8.93. The van der Waals surface area contributed by atoms with Gasteiger partial charge >= 0.3 is 0 Å². The summed E-state index contributed by atoms with van der Waals surface area (Å²) in [6, 6.07) is 11.8. The summed E-state index contributed by atoms with van der Waals surface area (Å²) in [5, 5.41) is 5.12. The van der Waals surface area contributed by atoms with E-state index in [4.69, 9.17) is 9.41 Å². The second kappa shape index (κ2) is 8.55. The van der Waals surface area contributed by atoms with Crippen LogP contribution in [-0.4, -0.2) is 29.5 Å². The summed E-state index contributed by atoms with van der Waals surface area (Å²) in [5.41, 5.74) is 3.91. The van der Waals surface area contributed by atoms with Crippen LogP contribution < -0.4 is 5.32 Å². The molecule has 0 amide bonds. The molecule has 0 unspecified atom stereocenters. The van der Waals surface area contributed by atoms with Crippen molar-refractivity contribution in [2.24, 2.45) is 5.92 Å². The first-order valence-corrected chi connectivity index (χ1v) is 15.4. The second-order valence-electron chi connectivity index (χ2n) is 11.5. The van der Waals surface area contributed by atoms with Gasteiger partial charge in [-0.2, -0.15) is 0 Å². The third-order valence-corrected chi connectivity index (χ3v) is 12.8. The van der Waals surface area contributed by atoms with Gasteiger partial charge in [0.2, 0.25) is 0 Å². The quantitative estimate of drug-likeness (QED) is 0.405. The van der Waals surface area contributed by atoms with Gasteiger partial charge < -0.3 is 14.3 Å². The van der Waals surface area contributed by atoms with Crippen LogP contribution in [0, 0.1) is 5.92 Å². The maximum atomic E-state index is 6.55. The smallest absolute Gasteiger partial charge is 0.191 e. The van der Waals surface area contributed by atoms with Crippen LogP contribution in [0.15, 0.2) is 42.9 Å². The molecule has 5 rings (SSSR count). The van der Waals surface area contributed by atoms with Crippen molar-refractivity contribution in [1.82, 2.24) is 14.5 Å². The van der Waals surface area contributed by atoms with Gasteiger partial charge in [0.1, 0.15) is 17.8 Å². The van der Waals surface area contributed by atoms with Crippen molar-refractivity contribution in [3.05, 3.63) is 54.0 Å². The Balaban J connectivity index is 1.29. The third-order valence-electron chi connectivity index (χ3n) is 8.35. The Bertz CT molecular complexity index is 1130. The van der Waals surface area contributed by atoms with Crippen LogP contribution in [-0.2, 0) is 10.8 Å². The Morgan fingerprint density at radius 1 is 1.09 bits per heavy atom. The highest BCUT2D eigenvalue weighted by atomic mass is 28.4. The molecule has 0 bridgehead atoms. The topological polar surface area (TPSA) is 52.0 Å². The number of aryl methyl sites for hydroxylation is 1. The first kappa shape index (κ1) is 22.6. The van der Waals surface area contributed by atoms with Gasteiger partial charge in [0.25, 0.3) is 0 Å². The van der Waals surface area contributed by atoms with E-state index in [1.807, 2.05) is 0 Å². The number of hydrogen-bond donors (Lipinski definition) is 1. The predicted molar refractivity (Wildman–Crippen MR) is 138 cm³/mol. The molecule has 1 saturated carbocycles. The zero-order chi connectivity index (χ0) is 23.2. The monoisotopic (exact) mass is 462 g/mol. The minimum Gasteiger partial charge on any atom is -0.417 e. The van der Waals surface area contributed by atoms with Gasteiger partial charge in [-0.15, -0.1) is 0 Å². The highest BCUT2D eigenvalue weighted by Gasteiger charge is 2.38. The maximum absolute atomic E-state index is 6.55. The number of aromatic nitrogens is 3. The van der Waals surface area contributed by atoms with Crippen molar-refractivity contribution in [3.63, 3.8) is 0 Å². The van der Waals surface area contributed by atoms with Crippen LogP contribution in [0.2, 0.25) is 18.1 Å². The van der Waals surface area contributed by atoms with E-state index in [1.165, 1.54) is 30.4 Å². The Kier molecular flexibility index (Phi) is 5.86. The Labute approximate surface area is 199 Å². The molecule has 33 heavy (non-hydrogen) atoms. The van der Waals surface area contributed by atoms with Crippen molar-refractivity contribution < 1.29 is 4.43 Å². The van der Waals surface area contributed by atoms with Crippen molar-refractivity contribution in [1.29, 1.82) is 0 Å². The Morgan fingerprint density at radius 2 is 1.91 bits per heavy atom. The third kappa shape index (κ3) is 4.35. The summed E-state index contributed by atoms with van der Waals surface area (Å²) in [7, 11) is -1.69. The summed E-state index contributed by atoms with van der Waals surface area (Å²) in [6.07, 6.45) is 9.77. The molecule has 0 spiro atoms. The van der Waals surface area contributed by atoms with E-state index in [-0.39, 0.29) is 5.04 Å². The minimum absolute atomic E-state index is 0.266. The lowest BCUT2D eigenvalue weighted by molar-refractivity contribution is 0.227. The number of hydrogen-bond acceptors (Lipinski definition) is 4. The molecule has 2 heterocycles. The zero-order valence-corrected chi connectivity index (χ0v) is 21.8. The van der Waals surface area contributed by atoms with E-state index in [1.54, 1.807) is 6.33 Å². The molecule has 2 aliphatic rings. The van der Waals surface area contributed by atoms with E-state index in [0.717, 1.165) is 36.3 Å². The number of nitrogens with zero attached hydrogens (tertiary/aromatic N) is 3. The van der Waals surface area contributed by atoms with Crippen LogP contribution in [0.4, 0.5) is 5.82 Å². The van der Waals surface area contributed by atoms with Gasteiger partial charge in [-0.05, 0) is 73.3 Å². The second-order valence-corrected chi connectivity index (χ2v) is 16.3. The summed E-state index contributed by atoms with van der Waals surface area (Å²) in [5.74, 6) is 1.59. The number of nitrogens with one attached hydrogen (secondary N) is 1. The lowest BCUT2D eigenvalue weighted by Gasteiger charge is -2.37. The molecule has 1 fully saturated rings. The van der Waals surface area contributed by atoms with Gasteiger partial charge in [-0.25, -0.2) is 9.97 Å². The largest absolute Gasteiger partial charge is 0.417 e. The molecule has 3 atom stereocenters. The molecule has 5 nitrogen and oxygen atoms in total. The van der Waals surface area contributed by atoms with E-state index in [2.05, 4.69) is 85.3 Å². The van der Waals surface area contributed by atoms with Crippen LogP contribution in [0.3, 0.4) is 0 Å². The summed E-state index contributed by atoms with van der Waals surface area (Å²) in [4.78, 5) is 9.32. The molecule has 1 N–H and O–H groups in total. The number of anilines is 1. The Hall–Kier alpha value is -2.18. The molecular weight excluding hydrogens is 424 g/mol. The first-order chi connectivity index (χ1) is 15.7. The molecule has 2 aliphatic carbocycles. The van der Waals surface area contributed by atoms with Crippen LogP contribution in [0.5, 0.6) is 0 Å². The highest BCUT2D eigenvalue weighted by Crippen LogP contribution is 2.41. The standard InChI is InChI=1S/C27H38N4OSi/c1-27(2,3)33(4,5)32-17-19-10-12-21(16-19)31-15-14-23-25(28-18-29-26(23)31)30-24-13-11-20-8-6-7-9-22(20)24/h6-9,14-15,18-19,21,24H,10-13,16-17H2,1-5H3,(H,28,29,30)/t19-,21+,24-/m0/s1. The fourth-order valence-corrected chi connectivity index (χ4v) is 6.33. The molecule has 0 radical (unpaired) electrons.